The molecule has 166 valence electrons. The van der Waals surface area contributed by atoms with E-state index in [0.717, 1.165) is 17.9 Å². The molecule has 0 saturated carbocycles. The molecule has 0 radical (unpaired) electrons. The van der Waals surface area contributed by atoms with Gasteiger partial charge in [0.05, 0.1) is 0 Å². The molecule has 2 unspecified atom stereocenters. The second-order valence-electron chi connectivity index (χ2n) is 7.88. The Morgan fingerprint density at radius 3 is 1.84 bits per heavy atom. The van der Waals surface area contributed by atoms with Crippen molar-refractivity contribution in [1.82, 2.24) is 9.80 Å². The van der Waals surface area contributed by atoms with Gasteiger partial charge in [0.15, 0.2) is 17.4 Å². The highest BCUT2D eigenvalue weighted by Crippen LogP contribution is 2.52. The Bertz CT molecular complexity index is 1290. The number of carbonyl (C=O) groups excluding carboxylic acids is 3. The second-order valence-corrected chi connectivity index (χ2v) is 7.88. The maximum Gasteiger partial charge on any atom is 0.431 e. The molecule has 0 saturated heterocycles. The minimum Gasteiger partial charge on any atom is -0.292 e. The number of hydrogen-bond donors (Lipinski definition) is 0. The Balaban J connectivity index is 1.89. The SMILES string of the molecule is CN1C(=O)c2ccc3c4c(ccc(c24)C1=O)C1(C)N=C(C(F)(F)F)C(C(F)(F)F)N1C3=O. The van der Waals surface area contributed by atoms with Crippen LogP contribution in [0.25, 0.3) is 10.8 Å². The first-order valence-corrected chi connectivity index (χ1v) is 9.19. The normalized spacial score (nSPS) is 24.9. The van der Waals surface area contributed by atoms with Crippen molar-refractivity contribution in [2.24, 2.45) is 4.99 Å². The van der Waals surface area contributed by atoms with E-state index in [4.69, 9.17) is 0 Å². The van der Waals surface area contributed by atoms with E-state index in [1.165, 1.54) is 25.2 Å². The monoisotopic (exact) mass is 455 g/mol. The first-order valence-electron chi connectivity index (χ1n) is 9.19. The maximum atomic E-state index is 13.8. The number of rotatable bonds is 0. The fourth-order valence-electron chi connectivity index (χ4n) is 4.76. The minimum atomic E-state index is -5.45. The predicted molar refractivity (Wildman–Crippen MR) is 97.2 cm³/mol. The van der Waals surface area contributed by atoms with Crippen molar-refractivity contribution in [2.75, 3.05) is 7.05 Å². The van der Waals surface area contributed by atoms with Gasteiger partial charge < -0.3 is 0 Å². The molecule has 2 aromatic carbocycles. The van der Waals surface area contributed by atoms with Gasteiger partial charge in [0.25, 0.3) is 17.7 Å². The third-order valence-corrected chi connectivity index (χ3v) is 6.12. The lowest BCUT2D eigenvalue weighted by molar-refractivity contribution is -0.171. The number of nitrogens with zero attached hydrogens (tertiary/aromatic N) is 3. The van der Waals surface area contributed by atoms with Crippen molar-refractivity contribution < 1.29 is 40.7 Å². The van der Waals surface area contributed by atoms with Gasteiger partial charge in [-0.25, -0.2) is 4.99 Å². The van der Waals surface area contributed by atoms with Gasteiger partial charge in [-0.05, 0) is 25.1 Å². The number of amides is 3. The van der Waals surface area contributed by atoms with Gasteiger partial charge in [-0.1, -0.05) is 6.07 Å². The van der Waals surface area contributed by atoms with Crippen LogP contribution in [0.15, 0.2) is 29.3 Å². The van der Waals surface area contributed by atoms with Crippen LogP contribution in [0.2, 0.25) is 0 Å². The zero-order chi connectivity index (χ0) is 23.5. The predicted octanol–water partition coefficient (Wildman–Crippen LogP) is 3.64. The third-order valence-electron chi connectivity index (χ3n) is 6.12. The lowest BCUT2D eigenvalue weighted by Crippen LogP contribution is -2.58. The largest absolute Gasteiger partial charge is 0.431 e. The molecule has 32 heavy (non-hydrogen) atoms. The van der Waals surface area contributed by atoms with E-state index in [0.29, 0.717) is 0 Å². The van der Waals surface area contributed by atoms with Gasteiger partial charge in [-0.3, -0.25) is 24.2 Å². The quantitative estimate of drug-likeness (QED) is 0.450. The second kappa shape index (κ2) is 5.67. The molecule has 3 heterocycles. The zero-order valence-electron chi connectivity index (χ0n) is 16.2. The molecule has 0 N–H and O–H groups in total. The highest BCUT2D eigenvalue weighted by atomic mass is 19.4. The number of aliphatic imine (C=N–C) groups is 1. The van der Waals surface area contributed by atoms with Crippen molar-refractivity contribution in [3.63, 3.8) is 0 Å². The van der Waals surface area contributed by atoms with Crippen LogP contribution in [0.5, 0.6) is 0 Å². The molecule has 2 atom stereocenters. The summed E-state index contributed by atoms with van der Waals surface area (Å²) in [4.78, 5) is 42.7. The molecule has 6 nitrogen and oxygen atoms in total. The summed E-state index contributed by atoms with van der Waals surface area (Å²) in [7, 11) is 1.24. The lowest BCUT2D eigenvalue weighted by Gasteiger charge is -2.42. The maximum absolute atomic E-state index is 13.8. The van der Waals surface area contributed by atoms with Crippen LogP contribution in [0, 0.1) is 0 Å². The lowest BCUT2D eigenvalue weighted by atomic mass is 9.81. The molecule has 2 aromatic rings. The zero-order valence-corrected chi connectivity index (χ0v) is 16.2. The Hall–Kier alpha value is -3.44. The summed E-state index contributed by atoms with van der Waals surface area (Å²) in [5.41, 5.74) is -4.93. The van der Waals surface area contributed by atoms with E-state index in [9.17, 15) is 40.7 Å². The summed E-state index contributed by atoms with van der Waals surface area (Å²) in [5, 5.41) is -0.0341. The number of fused-ring (bicyclic) bond motifs is 2. The number of benzene rings is 2. The van der Waals surface area contributed by atoms with E-state index >= 15 is 0 Å². The van der Waals surface area contributed by atoms with Gasteiger partial charge >= 0.3 is 12.4 Å². The molecule has 0 fully saturated rings. The number of hydrogen-bond acceptors (Lipinski definition) is 4. The van der Waals surface area contributed by atoms with Crippen LogP contribution in [-0.2, 0) is 5.66 Å². The summed E-state index contributed by atoms with van der Waals surface area (Å²) in [6.07, 6.45) is -10.9. The number of halogens is 6. The van der Waals surface area contributed by atoms with Crippen molar-refractivity contribution in [1.29, 1.82) is 0 Å². The van der Waals surface area contributed by atoms with Crippen LogP contribution >= 0.6 is 0 Å². The summed E-state index contributed by atoms with van der Waals surface area (Å²) in [6, 6.07) is 1.38. The number of alkyl halides is 6. The number of carbonyl (C=O) groups is 3. The molecule has 3 aliphatic heterocycles. The molecule has 3 amide bonds. The van der Waals surface area contributed by atoms with Gasteiger partial charge in [-0.15, -0.1) is 0 Å². The van der Waals surface area contributed by atoms with Crippen molar-refractivity contribution in [2.45, 2.75) is 31.0 Å². The van der Waals surface area contributed by atoms with E-state index in [1.807, 2.05) is 0 Å². The van der Waals surface area contributed by atoms with E-state index < -0.39 is 47.5 Å². The van der Waals surface area contributed by atoms with Crippen molar-refractivity contribution in [3.8, 4) is 0 Å². The first kappa shape index (κ1) is 20.5. The fraction of sp³-hybridized carbons (Fsp3) is 0.300. The molecule has 0 aliphatic carbocycles. The molecule has 0 aromatic heterocycles. The third kappa shape index (κ3) is 2.26. The molecular formula is C20H11F6N3O3. The molecule has 12 heteroatoms. The Morgan fingerprint density at radius 2 is 1.34 bits per heavy atom. The summed E-state index contributed by atoms with van der Waals surface area (Å²) in [5.74, 6) is -2.73. The topological polar surface area (TPSA) is 70.1 Å². The Morgan fingerprint density at radius 1 is 0.844 bits per heavy atom. The molecule has 3 aliphatic rings. The Labute approximate surface area is 175 Å². The van der Waals surface area contributed by atoms with Crippen LogP contribution in [0.1, 0.15) is 43.6 Å². The molecule has 5 rings (SSSR count). The van der Waals surface area contributed by atoms with Crippen LogP contribution in [-0.4, -0.2) is 58.7 Å². The van der Waals surface area contributed by atoms with Crippen LogP contribution in [0.3, 0.4) is 0 Å². The molecule has 0 spiro atoms. The molecule has 0 bridgehead atoms. The minimum absolute atomic E-state index is 0.0120. The fourth-order valence-corrected chi connectivity index (χ4v) is 4.76. The van der Waals surface area contributed by atoms with Crippen LogP contribution < -0.4 is 0 Å². The smallest absolute Gasteiger partial charge is 0.292 e. The van der Waals surface area contributed by atoms with E-state index in [1.54, 1.807) is 0 Å². The highest BCUT2D eigenvalue weighted by Gasteiger charge is 2.66. The van der Waals surface area contributed by atoms with Gasteiger partial charge in [0, 0.05) is 40.1 Å². The van der Waals surface area contributed by atoms with Gasteiger partial charge in [0.2, 0.25) is 0 Å². The highest BCUT2D eigenvalue weighted by molar-refractivity contribution is 6.28. The Kier molecular flexibility index (Phi) is 3.63. The average Bonchev–Trinajstić information content (AvgIpc) is 3.04. The first-order chi connectivity index (χ1) is 14.7. The van der Waals surface area contributed by atoms with Crippen molar-refractivity contribution >= 4 is 34.2 Å². The summed E-state index contributed by atoms with van der Waals surface area (Å²) in [6.45, 7) is 0.980. The van der Waals surface area contributed by atoms with Gasteiger partial charge in [0.1, 0.15) is 0 Å². The van der Waals surface area contributed by atoms with E-state index in [-0.39, 0.29) is 37.9 Å². The standard InChI is InChI=1S/C20H11F6N3O3/c1-18-10-6-5-8-11-7(15(30)28(2)16(8)31)3-4-9(12(10)11)17(32)29(18)14(20(24,25)26)13(27-18)19(21,22)23/h3-6,14H,1-2H3. The average molecular weight is 455 g/mol. The van der Waals surface area contributed by atoms with Crippen LogP contribution in [0.4, 0.5) is 26.3 Å². The van der Waals surface area contributed by atoms with Gasteiger partial charge in [-0.2, -0.15) is 26.3 Å². The number of imide groups is 1. The summed E-state index contributed by atoms with van der Waals surface area (Å²) < 4.78 is 82.1. The summed E-state index contributed by atoms with van der Waals surface area (Å²) >= 11 is 0. The molecular weight excluding hydrogens is 444 g/mol. The van der Waals surface area contributed by atoms with E-state index in [2.05, 4.69) is 4.99 Å². The van der Waals surface area contributed by atoms with Crippen molar-refractivity contribution in [3.05, 3.63) is 46.5 Å².